The number of rotatable bonds is 5. The average molecular weight is 470 g/mol. The summed E-state index contributed by atoms with van der Waals surface area (Å²) in [4.78, 5) is 33.9. The lowest BCUT2D eigenvalue weighted by Crippen LogP contribution is -2.51. The molecule has 0 radical (unpaired) electrons. The second-order valence-electron chi connectivity index (χ2n) is 7.68. The third-order valence-electron chi connectivity index (χ3n) is 5.61. The lowest BCUT2D eigenvalue weighted by molar-refractivity contribution is -0.148. The Bertz CT molecular complexity index is 1110. The summed E-state index contributed by atoms with van der Waals surface area (Å²) in [6.45, 7) is 4.09. The molecule has 3 aromatic rings. The average Bonchev–Trinajstić information content (AvgIpc) is 3.31. The molecule has 0 saturated carbocycles. The highest BCUT2D eigenvalue weighted by molar-refractivity contribution is 7.13. The van der Waals surface area contributed by atoms with E-state index in [9.17, 15) is 9.59 Å². The number of piperazine rings is 1. The van der Waals surface area contributed by atoms with Crippen molar-refractivity contribution < 1.29 is 14.3 Å². The van der Waals surface area contributed by atoms with E-state index in [4.69, 9.17) is 16.3 Å². The van der Waals surface area contributed by atoms with Crippen LogP contribution < -0.4 is 0 Å². The van der Waals surface area contributed by atoms with Crippen molar-refractivity contribution in [3.05, 3.63) is 75.8 Å². The van der Waals surface area contributed by atoms with Gasteiger partial charge in [-0.05, 0) is 18.6 Å². The number of halogens is 1. The van der Waals surface area contributed by atoms with Gasteiger partial charge in [-0.3, -0.25) is 9.69 Å². The van der Waals surface area contributed by atoms with Gasteiger partial charge in [0.1, 0.15) is 16.7 Å². The summed E-state index contributed by atoms with van der Waals surface area (Å²) in [5.41, 5.74) is 3.35. The molecule has 1 aromatic heterocycles. The first-order chi connectivity index (χ1) is 15.5. The van der Waals surface area contributed by atoms with Gasteiger partial charge in [0.2, 0.25) is 0 Å². The molecule has 1 amide bonds. The molecule has 2 heterocycles. The molecule has 0 bridgehead atoms. The molecule has 0 aliphatic carbocycles. The van der Waals surface area contributed by atoms with E-state index in [1.807, 2.05) is 59.7 Å². The highest BCUT2D eigenvalue weighted by Crippen LogP contribution is 2.30. The molecule has 1 atom stereocenters. The Hall–Kier alpha value is -2.74. The smallest absolute Gasteiger partial charge is 0.327 e. The molecule has 1 saturated heterocycles. The van der Waals surface area contributed by atoms with Crippen LogP contribution in [0.1, 0.15) is 27.7 Å². The molecule has 32 heavy (non-hydrogen) atoms. The second kappa shape index (κ2) is 9.81. The normalized spacial score (nSPS) is 15.4. The minimum absolute atomic E-state index is 0.0911. The van der Waals surface area contributed by atoms with Gasteiger partial charge in [-0.2, -0.15) is 0 Å². The Balaban J connectivity index is 1.45. The summed E-state index contributed by atoms with van der Waals surface area (Å²) >= 11 is 7.82. The Kier molecular flexibility index (Phi) is 6.89. The van der Waals surface area contributed by atoms with Gasteiger partial charge in [0.05, 0.1) is 7.11 Å². The van der Waals surface area contributed by atoms with Crippen LogP contribution >= 0.6 is 22.9 Å². The number of hydrogen-bond acceptors (Lipinski definition) is 6. The fourth-order valence-corrected chi connectivity index (χ4v) is 4.87. The zero-order valence-corrected chi connectivity index (χ0v) is 19.5. The predicted octanol–water partition coefficient (Wildman–Crippen LogP) is 4.44. The maximum atomic E-state index is 13.0. The van der Waals surface area contributed by atoms with Gasteiger partial charge in [0.15, 0.2) is 0 Å². The van der Waals surface area contributed by atoms with Gasteiger partial charge in [0.25, 0.3) is 5.91 Å². The van der Waals surface area contributed by atoms with Crippen molar-refractivity contribution in [2.45, 2.75) is 13.0 Å². The first-order valence-corrected chi connectivity index (χ1v) is 11.6. The molecule has 1 aliphatic rings. The van der Waals surface area contributed by atoms with Gasteiger partial charge in [-0.15, -0.1) is 11.3 Å². The number of aryl methyl sites for hydroxylation is 1. The van der Waals surface area contributed by atoms with Crippen LogP contribution in [0.5, 0.6) is 0 Å². The summed E-state index contributed by atoms with van der Waals surface area (Å²) in [5.74, 6) is -0.452. The SMILES string of the molecule is COC(=O)C(c1ccccc1Cl)N1CCN(C(=O)c2csc(-c3ccc(C)cc3)n2)CC1. The number of ether oxygens (including phenoxy) is 1. The Morgan fingerprint density at radius 3 is 2.41 bits per heavy atom. The number of nitrogens with zero attached hydrogens (tertiary/aromatic N) is 3. The van der Waals surface area contributed by atoms with E-state index in [0.717, 1.165) is 10.6 Å². The summed E-state index contributed by atoms with van der Waals surface area (Å²) < 4.78 is 5.04. The maximum Gasteiger partial charge on any atom is 0.327 e. The number of thiazole rings is 1. The standard InChI is InChI=1S/C24H24ClN3O3S/c1-16-7-9-17(10-8-16)22-26-20(15-32-22)23(29)28-13-11-27(12-14-28)21(24(30)31-2)18-5-3-4-6-19(18)25/h3-10,15,21H,11-14H2,1-2H3. The van der Waals surface area contributed by atoms with E-state index in [2.05, 4.69) is 4.98 Å². The highest BCUT2D eigenvalue weighted by Gasteiger charge is 2.34. The van der Waals surface area contributed by atoms with Crippen LogP contribution in [-0.2, 0) is 9.53 Å². The van der Waals surface area contributed by atoms with E-state index >= 15 is 0 Å². The number of esters is 1. The zero-order valence-electron chi connectivity index (χ0n) is 18.0. The quantitative estimate of drug-likeness (QED) is 0.517. The van der Waals surface area contributed by atoms with Crippen molar-refractivity contribution in [1.29, 1.82) is 0 Å². The van der Waals surface area contributed by atoms with Crippen LogP contribution in [0.2, 0.25) is 5.02 Å². The number of benzene rings is 2. The number of hydrogen-bond donors (Lipinski definition) is 0. The van der Waals surface area contributed by atoms with Gasteiger partial charge in [-0.1, -0.05) is 59.6 Å². The van der Waals surface area contributed by atoms with Crippen molar-refractivity contribution in [3.63, 3.8) is 0 Å². The van der Waals surface area contributed by atoms with E-state index in [0.29, 0.717) is 42.5 Å². The van der Waals surface area contributed by atoms with Crippen molar-refractivity contribution >= 4 is 34.8 Å². The minimum Gasteiger partial charge on any atom is -0.468 e. The summed E-state index contributed by atoms with van der Waals surface area (Å²) in [6.07, 6.45) is 0. The van der Waals surface area contributed by atoms with Crippen LogP contribution in [-0.4, -0.2) is 59.9 Å². The number of methoxy groups -OCH3 is 1. The molecule has 2 aromatic carbocycles. The number of carbonyl (C=O) groups excluding carboxylic acids is 2. The number of carbonyl (C=O) groups is 2. The molecular weight excluding hydrogens is 446 g/mol. The van der Waals surface area contributed by atoms with Gasteiger partial charge in [0, 0.05) is 42.1 Å². The largest absolute Gasteiger partial charge is 0.468 e. The second-order valence-corrected chi connectivity index (χ2v) is 8.94. The number of amides is 1. The van der Waals surface area contributed by atoms with Crippen LogP contribution in [0.3, 0.4) is 0 Å². The molecule has 1 aliphatic heterocycles. The maximum absolute atomic E-state index is 13.0. The van der Waals surface area contributed by atoms with Crippen LogP contribution in [0, 0.1) is 6.92 Å². The van der Waals surface area contributed by atoms with Gasteiger partial charge < -0.3 is 9.64 Å². The molecule has 4 rings (SSSR count). The molecule has 0 N–H and O–H groups in total. The minimum atomic E-state index is -0.599. The lowest BCUT2D eigenvalue weighted by atomic mass is 10.0. The predicted molar refractivity (Wildman–Crippen MR) is 126 cm³/mol. The van der Waals surface area contributed by atoms with E-state index in [1.54, 1.807) is 11.0 Å². The molecular formula is C24H24ClN3O3S. The summed E-state index contributed by atoms with van der Waals surface area (Å²) in [5, 5.41) is 3.16. The van der Waals surface area contributed by atoms with E-state index in [1.165, 1.54) is 24.0 Å². The molecule has 1 unspecified atom stereocenters. The van der Waals surface area contributed by atoms with Crippen molar-refractivity contribution in [3.8, 4) is 10.6 Å². The summed E-state index contributed by atoms with van der Waals surface area (Å²) in [7, 11) is 1.37. The lowest BCUT2D eigenvalue weighted by Gasteiger charge is -2.38. The molecule has 166 valence electrons. The van der Waals surface area contributed by atoms with Crippen LogP contribution in [0.15, 0.2) is 53.9 Å². The Labute approximate surface area is 196 Å². The molecule has 6 nitrogen and oxygen atoms in total. The van der Waals surface area contributed by atoms with Crippen LogP contribution in [0.4, 0.5) is 0 Å². The van der Waals surface area contributed by atoms with Crippen LogP contribution in [0.25, 0.3) is 10.6 Å². The third kappa shape index (κ3) is 4.70. The van der Waals surface area contributed by atoms with E-state index < -0.39 is 6.04 Å². The highest BCUT2D eigenvalue weighted by atomic mass is 35.5. The monoisotopic (exact) mass is 469 g/mol. The zero-order chi connectivity index (χ0) is 22.7. The fourth-order valence-electron chi connectivity index (χ4n) is 3.83. The van der Waals surface area contributed by atoms with Crippen molar-refractivity contribution in [2.24, 2.45) is 0 Å². The van der Waals surface area contributed by atoms with Gasteiger partial charge >= 0.3 is 5.97 Å². The first-order valence-electron chi connectivity index (χ1n) is 10.4. The third-order valence-corrected chi connectivity index (χ3v) is 6.85. The van der Waals surface area contributed by atoms with Gasteiger partial charge in [-0.25, -0.2) is 9.78 Å². The Morgan fingerprint density at radius 2 is 1.75 bits per heavy atom. The molecule has 8 heteroatoms. The fraction of sp³-hybridized carbons (Fsp3) is 0.292. The number of aromatic nitrogens is 1. The van der Waals surface area contributed by atoms with E-state index in [-0.39, 0.29) is 11.9 Å². The topological polar surface area (TPSA) is 62.7 Å². The summed E-state index contributed by atoms with van der Waals surface area (Å²) in [6, 6.07) is 14.8. The Morgan fingerprint density at radius 1 is 1.06 bits per heavy atom. The first kappa shape index (κ1) is 22.5. The van der Waals surface area contributed by atoms with Crippen molar-refractivity contribution in [2.75, 3.05) is 33.3 Å². The molecule has 0 spiro atoms. The van der Waals surface area contributed by atoms with Crippen molar-refractivity contribution in [1.82, 2.24) is 14.8 Å². The molecule has 1 fully saturated rings.